The van der Waals surface area contributed by atoms with E-state index in [2.05, 4.69) is 17.4 Å². The van der Waals surface area contributed by atoms with Crippen LogP contribution in [0.2, 0.25) is 0 Å². The Kier molecular flexibility index (Phi) is 11.0. The number of unbranched alkanes of at least 4 members (excludes halogenated alkanes) is 7. The molecule has 0 fully saturated rings. The Hall–Kier alpha value is -2.89. The zero-order chi connectivity index (χ0) is 21.4. The van der Waals surface area contributed by atoms with Gasteiger partial charge in [-0.2, -0.15) is 0 Å². The summed E-state index contributed by atoms with van der Waals surface area (Å²) in [7, 11) is 0. The summed E-state index contributed by atoms with van der Waals surface area (Å²) in [6.07, 6.45) is 10.8. The smallest absolute Gasteiger partial charge is 0.437 e. The van der Waals surface area contributed by atoms with Crippen molar-refractivity contribution >= 4 is 18.0 Å². The van der Waals surface area contributed by atoms with E-state index in [1.54, 1.807) is 12.1 Å². The minimum Gasteiger partial charge on any atom is -0.494 e. The maximum absolute atomic E-state index is 12.8. The van der Waals surface area contributed by atoms with E-state index in [1.165, 1.54) is 75.4 Å². The summed E-state index contributed by atoms with van der Waals surface area (Å²) in [4.78, 5) is 16.5. The Bertz CT molecular complexity index is 761. The van der Waals surface area contributed by atoms with Gasteiger partial charge in [0.2, 0.25) is 0 Å². The molecule has 6 heteroatoms. The van der Waals surface area contributed by atoms with Gasteiger partial charge in [-0.3, -0.25) is 10.2 Å². The molecular formula is C24H31FN2O3. The zero-order valence-corrected chi connectivity index (χ0v) is 17.6. The Balaban J connectivity index is 1.59. The van der Waals surface area contributed by atoms with Crippen molar-refractivity contribution in [1.29, 1.82) is 0 Å². The number of carbonyl (C=O) groups is 1. The van der Waals surface area contributed by atoms with E-state index in [-0.39, 0.29) is 5.82 Å². The van der Waals surface area contributed by atoms with Crippen LogP contribution in [0.3, 0.4) is 0 Å². The molecule has 0 aliphatic heterocycles. The lowest BCUT2D eigenvalue weighted by Crippen LogP contribution is -2.10. The summed E-state index contributed by atoms with van der Waals surface area (Å²) >= 11 is 0. The minimum absolute atomic E-state index is 0.337. The van der Waals surface area contributed by atoms with Crippen molar-refractivity contribution in [3.05, 3.63) is 59.9 Å². The molecule has 0 aromatic heterocycles. The summed E-state index contributed by atoms with van der Waals surface area (Å²) in [6.45, 7) is 2.93. The highest BCUT2D eigenvalue weighted by Gasteiger charge is 2.03. The number of benzene rings is 2. The highest BCUT2D eigenvalue weighted by Crippen LogP contribution is 2.17. The monoisotopic (exact) mass is 414 g/mol. The molecule has 0 atom stereocenters. The van der Waals surface area contributed by atoms with Gasteiger partial charge in [0.1, 0.15) is 11.6 Å². The maximum atomic E-state index is 12.8. The van der Waals surface area contributed by atoms with E-state index in [9.17, 15) is 9.18 Å². The van der Waals surface area contributed by atoms with Crippen LogP contribution in [-0.4, -0.2) is 18.9 Å². The fourth-order valence-corrected chi connectivity index (χ4v) is 2.89. The van der Waals surface area contributed by atoms with Crippen LogP contribution in [0, 0.1) is 5.82 Å². The molecule has 0 aliphatic rings. The molecular weight excluding hydrogens is 383 g/mol. The van der Waals surface area contributed by atoms with Gasteiger partial charge in [0.15, 0.2) is 0 Å². The summed E-state index contributed by atoms with van der Waals surface area (Å²) in [5.41, 5.74) is 1.21. The first-order valence-electron chi connectivity index (χ1n) is 10.7. The number of nitrogens with zero attached hydrogens (tertiary/aromatic N) is 1. The fraction of sp³-hybridized carbons (Fsp3) is 0.417. The van der Waals surface area contributed by atoms with Gasteiger partial charge in [0, 0.05) is 5.69 Å². The predicted molar refractivity (Wildman–Crippen MR) is 119 cm³/mol. The number of hydrogen-bond donors (Lipinski definition) is 1. The highest BCUT2D eigenvalue weighted by molar-refractivity contribution is 5.85. The molecule has 0 heterocycles. The van der Waals surface area contributed by atoms with Gasteiger partial charge in [0.25, 0.3) is 0 Å². The number of hydrogen-bond acceptors (Lipinski definition) is 4. The zero-order valence-electron chi connectivity index (χ0n) is 17.6. The van der Waals surface area contributed by atoms with Crippen LogP contribution in [-0.2, 0) is 4.84 Å². The predicted octanol–water partition coefficient (Wildman–Crippen LogP) is 6.93. The summed E-state index contributed by atoms with van der Waals surface area (Å²) in [6, 6.07) is 12.8. The topological polar surface area (TPSA) is 59.9 Å². The quantitative estimate of drug-likeness (QED) is 0.167. The molecule has 0 spiro atoms. The molecule has 0 unspecified atom stereocenters. The van der Waals surface area contributed by atoms with E-state index in [0.29, 0.717) is 17.9 Å². The average molecular weight is 415 g/mol. The Morgan fingerprint density at radius 1 is 0.933 bits per heavy atom. The van der Waals surface area contributed by atoms with Gasteiger partial charge in [-0.1, -0.05) is 69.2 Å². The number of nitrogens with one attached hydrogen (secondary N) is 1. The number of carbonyl (C=O) groups excluding carboxylic acids is 1. The van der Waals surface area contributed by atoms with Gasteiger partial charge in [-0.05, 0) is 48.4 Å². The van der Waals surface area contributed by atoms with E-state index in [1.807, 2.05) is 12.1 Å². The lowest BCUT2D eigenvalue weighted by Gasteiger charge is -2.08. The Morgan fingerprint density at radius 2 is 1.57 bits per heavy atom. The van der Waals surface area contributed by atoms with E-state index < -0.39 is 6.09 Å². The highest BCUT2D eigenvalue weighted by atomic mass is 19.1. The number of amides is 1. The van der Waals surface area contributed by atoms with E-state index >= 15 is 0 Å². The second kappa shape index (κ2) is 14.1. The third kappa shape index (κ3) is 10.0. The largest absolute Gasteiger partial charge is 0.494 e. The molecule has 162 valence electrons. The van der Waals surface area contributed by atoms with Crippen LogP contribution >= 0.6 is 0 Å². The standard InChI is InChI=1S/C24H31FN2O3/c1-2-3-4-5-6-7-8-9-18-29-23-16-14-22(15-17-23)27-24(28)30-26-19-20-10-12-21(25)13-11-20/h10-17,19H,2-9,18H2,1H3,(H,27,28)/b26-19+. The fourth-order valence-electron chi connectivity index (χ4n) is 2.89. The van der Waals surface area contributed by atoms with Crippen LogP contribution in [0.25, 0.3) is 0 Å². The van der Waals surface area contributed by atoms with Gasteiger partial charge in [-0.25, -0.2) is 9.18 Å². The second-order valence-corrected chi connectivity index (χ2v) is 7.14. The third-order valence-corrected chi connectivity index (χ3v) is 4.57. The van der Waals surface area contributed by atoms with E-state index in [4.69, 9.17) is 9.57 Å². The summed E-state index contributed by atoms with van der Waals surface area (Å²) in [5.74, 6) is 0.433. The second-order valence-electron chi connectivity index (χ2n) is 7.14. The van der Waals surface area contributed by atoms with Crippen molar-refractivity contribution in [2.24, 2.45) is 5.16 Å². The van der Waals surface area contributed by atoms with Crippen molar-refractivity contribution in [1.82, 2.24) is 0 Å². The first-order chi connectivity index (χ1) is 14.7. The molecule has 0 aliphatic carbocycles. The van der Waals surface area contributed by atoms with Crippen molar-refractivity contribution in [3.63, 3.8) is 0 Å². The van der Waals surface area contributed by atoms with Crippen LogP contribution in [0.1, 0.15) is 63.9 Å². The van der Waals surface area contributed by atoms with Gasteiger partial charge in [-0.15, -0.1) is 0 Å². The molecule has 5 nitrogen and oxygen atoms in total. The molecule has 0 radical (unpaired) electrons. The third-order valence-electron chi connectivity index (χ3n) is 4.57. The first kappa shape index (κ1) is 23.4. The van der Waals surface area contributed by atoms with Crippen molar-refractivity contribution in [2.45, 2.75) is 58.3 Å². The number of anilines is 1. The molecule has 2 aromatic carbocycles. The number of rotatable bonds is 13. The molecule has 2 rings (SSSR count). The lowest BCUT2D eigenvalue weighted by atomic mass is 10.1. The number of halogens is 1. The SMILES string of the molecule is CCCCCCCCCCOc1ccc(NC(=O)O/N=C/c2ccc(F)cc2)cc1. The Labute approximate surface area is 178 Å². The molecule has 0 saturated heterocycles. The average Bonchev–Trinajstić information content (AvgIpc) is 2.75. The molecule has 1 N–H and O–H groups in total. The molecule has 0 saturated carbocycles. The van der Waals surface area contributed by atoms with Crippen LogP contribution < -0.4 is 10.1 Å². The number of oxime groups is 1. The van der Waals surface area contributed by atoms with Gasteiger partial charge >= 0.3 is 6.09 Å². The minimum atomic E-state index is -0.707. The molecule has 0 bridgehead atoms. The van der Waals surface area contributed by atoms with Crippen molar-refractivity contribution in [2.75, 3.05) is 11.9 Å². The van der Waals surface area contributed by atoms with Crippen molar-refractivity contribution in [3.8, 4) is 5.75 Å². The van der Waals surface area contributed by atoms with Crippen LogP contribution in [0.4, 0.5) is 14.9 Å². The first-order valence-corrected chi connectivity index (χ1v) is 10.7. The molecule has 1 amide bonds. The normalized spacial score (nSPS) is 10.9. The maximum Gasteiger partial charge on any atom is 0.437 e. The summed E-state index contributed by atoms with van der Waals surface area (Å²) < 4.78 is 18.6. The Morgan fingerprint density at radius 3 is 2.23 bits per heavy atom. The van der Waals surface area contributed by atoms with Crippen LogP contribution in [0.15, 0.2) is 53.7 Å². The summed E-state index contributed by atoms with van der Waals surface area (Å²) in [5, 5.41) is 6.17. The van der Waals surface area contributed by atoms with E-state index in [0.717, 1.165) is 12.2 Å². The lowest BCUT2D eigenvalue weighted by molar-refractivity contribution is 0.167. The van der Waals surface area contributed by atoms with Crippen molar-refractivity contribution < 1.29 is 18.8 Å². The molecule has 30 heavy (non-hydrogen) atoms. The van der Waals surface area contributed by atoms with Gasteiger partial charge in [0.05, 0.1) is 12.8 Å². The number of ether oxygens (including phenoxy) is 1. The molecule has 2 aromatic rings. The van der Waals surface area contributed by atoms with Crippen LogP contribution in [0.5, 0.6) is 5.75 Å². The van der Waals surface area contributed by atoms with Gasteiger partial charge < -0.3 is 4.74 Å².